The molecular weight excluding hydrogens is 262 g/mol. The summed E-state index contributed by atoms with van der Waals surface area (Å²) in [5.74, 6) is 0. The number of fused-ring (bicyclic) bond motifs is 1. The van der Waals surface area contributed by atoms with Gasteiger partial charge in [-0.1, -0.05) is 29.8 Å². The predicted octanol–water partition coefficient (Wildman–Crippen LogP) is 4.44. The molecule has 1 aromatic carbocycles. The van der Waals surface area contributed by atoms with E-state index in [2.05, 4.69) is 49.6 Å². The maximum Gasteiger partial charge on any atom is 0.0453 e. The Kier molecular flexibility index (Phi) is 4.23. The lowest BCUT2D eigenvalue weighted by atomic mass is 9.97. The van der Waals surface area contributed by atoms with Gasteiger partial charge in [0.1, 0.15) is 0 Å². The molecule has 0 spiro atoms. The van der Waals surface area contributed by atoms with Gasteiger partial charge in [0.2, 0.25) is 0 Å². The van der Waals surface area contributed by atoms with Crippen molar-refractivity contribution in [2.75, 3.05) is 7.05 Å². The van der Waals surface area contributed by atoms with E-state index in [1.807, 2.05) is 11.3 Å². The molecule has 0 bridgehead atoms. The summed E-state index contributed by atoms with van der Waals surface area (Å²) in [5.41, 5.74) is 4.39. The maximum atomic E-state index is 3.51. The van der Waals surface area contributed by atoms with Crippen molar-refractivity contribution in [3.05, 3.63) is 56.8 Å². The molecule has 0 aliphatic heterocycles. The third-order valence-corrected chi connectivity index (χ3v) is 5.58. The summed E-state index contributed by atoms with van der Waals surface area (Å²) in [6, 6.07) is 11.8. The topological polar surface area (TPSA) is 12.0 Å². The molecule has 0 amide bonds. The van der Waals surface area contributed by atoms with E-state index in [1.165, 1.54) is 41.7 Å². The van der Waals surface area contributed by atoms with E-state index in [0.29, 0.717) is 6.04 Å². The van der Waals surface area contributed by atoms with E-state index >= 15 is 0 Å². The second-order valence-electron chi connectivity index (χ2n) is 5.84. The van der Waals surface area contributed by atoms with Gasteiger partial charge in [-0.3, -0.25) is 0 Å². The van der Waals surface area contributed by atoms with E-state index in [9.17, 15) is 0 Å². The highest BCUT2D eigenvalue weighted by molar-refractivity contribution is 7.12. The van der Waals surface area contributed by atoms with Crippen LogP contribution in [0.15, 0.2) is 30.3 Å². The Bertz CT molecular complexity index is 561. The summed E-state index contributed by atoms with van der Waals surface area (Å²) >= 11 is 2.03. The van der Waals surface area contributed by atoms with E-state index in [4.69, 9.17) is 0 Å². The molecule has 0 fully saturated rings. The first kappa shape index (κ1) is 13.8. The third-order valence-electron chi connectivity index (χ3n) is 4.23. The van der Waals surface area contributed by atoms with Crippen LogP contribution in [-0.2, 0) is 19.3 Å². The van der Waals surface area contributed by atoms with Crippen molar-refractivity contribution in [1.29, 1.82) is 0 Å². The van der Waals surface area contributed by atoms with Gasteiger partial charge in [0.15, 0.2) is 0 Å². The Labute approximate surface area is 126 Å². The minimum Gasteiger partial charge on any atom is -0.312 e. The molecule has 0 saturated carbocycles. The molecule has 1 nitrogen and oxygen atoms in total. The smallest absolute Gasteiger partial charge is 0.0453 e. The van der Waals surface area contributed by atoms with Crippen molar-refractivity contribution in [3.8, 4) is 0 Å². The molecule has 2 heteroatoms. The van der Waals surface area contributed by atoms with Crippen molar-refractivity contribution in [1.82, 2.24) is 5.32 Å². The van der Waals surface area contributed by atoms with Crippen molar-refractivity contribution in [3.63, 3.8) is 0 Å². The van der Waals surface area contributed by atoms with Gasteiger partial charge in [0.05, 0.1) is 0 Å². The van der Waals surface area contributed by atoms with Crippen LogP contribution in [0.1, 0.15) is 45.3 Å². The molecule has 1 unspecified atom stereocenters. The summed E-state index contributed by atoms with van der Waals surface area (Å²) in [4.78, 5) is 3.15. The molecule has 1 N–H and O–H groups in total. The van der Waals surface area contributed by atoms with Crippen molar-refractivity contribution >= 4 is 11.3 Å². The SMILES string of the molecule is CNC(Cc1cccc(C)c1)c1cc2c(s1)CCCC2. The fourth-order valence-corrected chi connectivity index (χ4v) is 4.47. The molecule has 2 aromatic rings. The number of hydrogen-bond acceptors (Lipinski definition) is 2. The predicted molar refractivity (Wildman–Crippen MR) is 87.6 cm³/mol. The first-order valence-corrected chi connectivity index (χ1v) is 8.42. The highest BCUT2D eigenvalue weighted by Gasteiger charge is 2.18. The molecule has 0 radical (unpaired) electrons. The average molecular weight is 285 g/mol. The van der Waals surface area contributed by atoms with Crippen LogP contribution in [0.3, 0.4) is 0 Å². The monoisotopic (exact) mass is 285 g/mol. The fourth-order valence-electron chi connectivity index (χ4n) is 3.11. The largest absolute Gasteiger partial charge is 0.312 e. The lowest BCUT2D eigenvalue weighted by Crippen LogP contribution is -2.17. The molecule has 1 aliphatic carbocycles. The van der Waals surface area contributed by atoms with Gasteiger partial charge in [-0.25, -0.2) is 0 Å². The second-order valence-corrected chi connectivity index (χ2v) is 7.01. The zero-order chi connectivity index (χ0) is 13.9. The number of hydrogen-bond donors (Lipinski definition) is 1. The van der Waals surface area contributed by atoms with E-state index in [1.54, 1.807) is 10.4 Å². The normalized spacial score (nSPS) is 15.9. The quantitative estimate of drug-likeness (QED) is 0.876. The van der Waals surface area contributed by atoms with Gasteiger partial charge < -0.3 is 5.32 Å². The third kappa shape index (κ3) is 2.97. The van der Waals surface area contributed by atoms with Crippen molar-refractivity contribution in [2.45, 2.75) is 45.1 Å². The van der Waals surface area contributed by atoms with Gasteiger partial charge in [-0.15, -0.1) is 11.3 Å². The number of likely N-dealkylation sites (N-methyl/N-ethyl adjacent to an activating group) is 1. The molecule has 1 heterocycles. The highest BCUT2D eigenvalue weighted by atomic mass is 32.1. The standard InChI is InChI=1S/C18H23NS/c1-13-6-5-7-14(10-13)11-16(19-2)18-12-15-8-3-4-9-17(15)20-18/h5-7,10,12,16,19H,3-4,8-9,11H2,1-2H3. The van der Waals surface area contributed by atoms with Crippen molar-refractivity contribution in [2.24, 2.45) is 0 Å². The Morgan fingerprint density at radius 2 is 2.05 bits per heavy atom. The van der Waals surface area contributed by atoms with Gasteiger partial charge in [-0.05, 0) is 63.3 Å². The van der Waals surface area contributed by atoms with E-state index in [-0.39, 0.29) is 0 Å². The Morgan fingerprint density at radius 1 is 1.20 bits per heavy atom. The Hall–Kier alpha value is -1.12. The van der Waals surface area contributed by atoms with Crippen LogP contribution >= 0.6 is 11.3 Å². The van der Waals surface area contributed by atoms with Crippen molar-refractivity contribution < 1.29 is 0 Å². The molecule has 3 rings (SSSR count). The summed E-state index contributed by atoms with van der Waals surface area (Å²) in [5, 5.41) is 3.51. The molecule has 1 aliphatic rings. The lowest BCUT2D eigenvalue weighted by Gasteiger charge is -2.15. The van der Waals surface area contributed by atoms with E-state index in [0.717, 1.165) is 6.42 Å². The lowest BCUT2D eigenvalue weighted by molar-refractivity contribution is 0.601. The second kappa shape index (κ2) is 6.11. The molecule has 1 atom stereocenters. The zero-order valence-electron chi connectivity index (χ0n) is 12.4. The number of thiophene rings is 1. The van der Waals surface area contributed by atoms with Crippen LogP contribution in [0.2, 0.25) is 0 Å². The fraction of sp³-hybridized carbons (Fsp3) is 0.444. The minimum absolute atomic E-state index is 0.451. The molecule has 0 saturated heterocycles. The Morgan fingerprint density at radius 3 is 2.80 bits per heavy atom. The number of aryl methyl sites for hydroxylation is 3. The zero-order valence-corrected chi connectivity index (χ0v) is 13.2. The minimum atomic E-state index is 0.451. The van der Waals surface area contributed by atoms with Crippen LogP contribution in [0.25, 0.3) is 0 Å². The number of nitrogens with one attached hydrogen (secondary N) is 1. The van der Waals surface area contributed by atoms with Gasteiger partial charge in [-0.2, -0.15) is 0 Å². The molecule has 20 heavy (non-hydrogen) atoms. The van der Waals surface area contributed by atoms with Crippen LogP contribution in [-0.4, -0.2) is 7.05 Å². The number of benzene rings is 1. The van der Waals surface area contributed by atoms with Gasteiger partial charge >= 0.3 is 0 Å². The summed E-state index contributed by atoms with van der Waals surface area (Å²) in [6.45, 7) is 2.17. The first-order chi connectivity index (χ1) is 9.76. The summed E-state index contributed by atoms with van der Waals surface area (Å²) in [6.07, 6.45) is 6.39. The molecule has 106 valence electrons. The first-order valence-electron chi connectivity index (χ1n) is 7.60. The van der Waals surface area contributed by atoms with Gasteiger partial charge in [0, 0.05) is 15.8 Å². The van der Waals surface area contributed by atoms with E-state index < -0.39 is 0 Å². The van der Waals surface area contributed by atoms with Crippen LogP contribution in [0.5, 0.6) is 0 Å². The molecular formula is C18H23NS. The maximum absolute atomic E-state index is 3.51. The van der Waals surface area contributed by atoms with Crippen LogP contribution < -0.4 is 5.32 Å². The summed E-state index contributed by atoms with van der Waals surface area (Å²) in [7, 11) is 2.08. The summed E-state index contributed by atoms with van der Waals surface area (Å²) < 4.78 is 0. The molecule has 1 aromatic heterocycles. The van der Waals surface area contributed by atoms with Gasteiger partial charge in [0.25, 0.3) is 0 Å². The Balaban J connectivity index is 1.81. The highest BCUT2D eigenvalue weighted by Crippen LogP contribution is 2.34. The number of rotatable bonds is 4. The van der Waals surface area contributed by atoms with Crippen LogP contribution in [0, 0.1) is 6.92 Å². The van der Waals surface area contributed by atoms with Crippen LogP contribution in [0.4, 0.5) is 0 Å². The average Bonchev–Trinajstić information content (AvgIpc) is 2.88.